The van der Waals surface area contributed by atoms with Crippen molar-refractivity contribution in [3.63, 3.8) is 0 Å². The highest BCUT2D eigenvalue weighted by atomic mass is 16.5. The van der Waals surface area contributed by atoms with Crippen LogP contribution in [0.4, 0.5) is 4.79 Å². The van der Waals surface area contributed by atoms with E-state index in [2.05, 4.69) is 22.8 Å². The topological polar surface area (TPSA) is 105 Å². The molecule has 0 bridgehead atoms. The van der Waals surface area contributed by atoms with Crippen LogP contribution in [-0.2, 0) is 14.3 Å². The third-order valence-electron chi connectivity index (χ3n) is 5.61. The number of carboxylic acid groups (broad SMARTS) is 1. The van der Waals surface area contributed by atoms with Crippen molar-refractivity contribution in [2.75, 3.05) is 13.2 Å². The number of hydrogen-bond acceptors (Lipinski definition) is 4. The Bertz CT molecular complexity index is 913. The summed E-state index contributed by atoms with van der Waals surface area (Å²) in [6, 6.07) is 15.4. The number of nitrogens with one attached hydrogen (secondary N) is 2. The maximum atomic E-state index is 12.3. The molecule has 0 saturated heterocycles. The summed E-state index contributed by atoms with van der Waals surface area (Å²) < 4.78 is 5.45. The normalized spacial score (nSPS) is 14.1. The van der Waals surface area contributed by atoms with Gasteiger partial charge in [0, 0.05) is 12.5 Å². The van der Waals surface area contributed by atoms with Crippen molar-refractivity contribution in [2.24, 2.45) is 5.92 Å². The standard InChI is InChI=1S/C24H28N2O5/c1-15(23(28)29)8-7-13-25-22(27)16(2)26-24(30)31-14-21-19-11-5-3-9-17(19)18-10-4-6-12-20(18)21/h3-6,9-12,15-16,21H,7-8,13-14H2,1-2H3,(H,25,27)(H,26,30)(H,28,29)/t15?,16-/m0/s1. The number of rotatable bonds is 9. The highest BCUT2D eigenvalue weighted by molar-refractivity contribution is 5.85. The van der Waals surface area contributed by atoms with Crippen LogP contribution in [0.25, 0.3) is 11.1 Å². The molecule has 3 rings (SSSR count). The molecule has 2 amide bonds. The maximum Gasteiger partial charge on any atom is 0.407 e. The molecule has 7 nitrogen and oxygen atoms in total. The lowest BCUT2D eigenvalue weighted by Gasteiger charge is -2.17. The van der Waals surface area contributed by atoms with Gasteiger partial charge in [-0.05, 0) is 42.0 Å². The molecule has 0 fully saturated rings. The number of alkyl carbamates (subject to hydrolysis) is 1. The van der Waals surface area contributed by atoms with Crippen molar-refractivity contribution in [1.82, 2.24) is 10.6 Å². The molecule has 0 aromatic heterocycles. The number of carboxylic acids is 1. The van der Waals surface area contributed by atoms with Crippen molar-refractivity contribution < 1.29 is 24.2 Å². The predicted octanol–water partition coefficient (Wildman–Crippen LogP) is 3.53. The molecule has 0 spiro atoms. The number of ether oxygens (including phenoxy) is 1. The molecule has 1 aliphatic carbocycles. The Hall–Kier alpha value is -3.35. The van der Waals surface area contributed by atoms with E-state index in [1.807, 2.05) is 36.4 Å². The molecule has 1 aliphatic rings. The second kappa shape index (κ2) is 10.1. The number of hydrogen-bond donors (Lipinski definition) is 3. The summed E-state index contributed by atoms with van der Waals surface area (Å²) in [5.41, 5.74) is 4.55. The Kier molecular flexibility index (Phi) is 7.28. The molecule has 7 heteroatoms. The lowest BCUT2D eigenvalue weighted by atomic mass is 9.98. The second-order valence-corrected chi connectivity index (χ2v) is 7.86. The number of carbonyl (C=O) groups excluding carboxylic acids is 2. The van der Waals surface area contributed by atoms with Crippen molar-refractivity contribution in [2.45, 2.75) is 38.6 Å². The molecule has 2 aromatic carbocycles. The second-order valence-electron chi connectivity index (χ2n) is 7.86. The van der Waals surface area contributed by atoms with E-state index >= 15 is 0 Å². The summed E-state index contributed by atoms with van der Waals surface area (Å²) in [7, 11) is 0. The first-order chi connectivity index (χ1) is 14.9. The molecule has 2 aromatic rings. The smallest absolute Gasteiger partial charge is 0.407 e. The number of carbonyl (C=O) groups is 3. The van der Waals surface area contributed by atoms with Crippen LogP contribution in [0.15, 0.2) is 48.5 Å². The van der Waals surface area contributed by atoms with Gasteiger partial charge in [-0.3, -0.25) is 9.59 Å². The van der Waals surface area contributed by atoms with Gasteiger partial charge in [-0.1, -0.05) is 55.5 Å². The molecular formula is C24H28N2O5. The summed E-state index contributed by atoms with van der Waals surface area (Å²) in [6.45, 7) is 3.75. The molecule has 0 radical (unpaired) electrons. The highest BCUT2D eigenvalue weighted by Crippen LogP contribution is 2.44. The van der Waals surface area contributed by atoms with E-state index < -0.39 is 24.0 Å². The third kappa shape index (κ3) is 5.42. The van der Waals surface area contributed by atoms with E-state index in [-0.39, 0.29) is 18.4 Å². The van der Waals surface area contributed by atoms with Gasteiger partial charge in [0.05, 0.1) is 5.92 Å². The minimum Gasteiger partial charge on any atom is -0.481 e. The minimum absolute atomic E-state index is 0.0430. The zero-order chi connectivity index (χ0) is 22.4. The fraction of sp³-hybridized carbons (Fsp3) is 0.375. The fourth-order valence-electron chi connectivity index (χ4n) is 3.78. The molecule has 164 valence electrons. The molecule has 3 N–H and O–H groups in total. The molecule has 0 aliphatic heterocycles. The van der Waals surface area contributed by atoms with Crippen molar-refractivity contribution in [3.05, 3.63) is 59.7 Å². The molecule has 0 heterocycles. The van der Waals surface area contributed by atoms with Gasteiger partial charge in [-0.25, -0.2) is 4.79 Å². The summed E-state index contributed by atoms with van der Waals surface area (Å²) in [5, 5.41) is 14.1. The van der Waals surface area contributed by atoms with Gasteiger partial charge in [0.1, 0.15) is 12.6 Å². The molecule has 31 heavy (non-hydrogen) atoms. The fourth-order valence-corrected chi connectivity index (χ4v) is 3.78. The van der Waals surface area contributed by atoms with Gasteiger partial charge in [0.2, 0.25) is 5.91 Å². The molecule has 2 atom stereocenters. The first-order valence-electron chi connectivity index (χ1n) is 10.5. The Labute approximate surface area is 181 Å². The van der Waals surface area contributed by atoms with Crippen LogP contribution in [0.1, 0.15) is 43.7 Å². The Balaban J connectivity index is 1.47. The van der Waals surface area contributed by atoms with E-state index in [1.165, 1.54) is 0 Å². The molecule has 1 unspecified atom stereocenters. The molecular weight excluding hydrogens is 396 g/mol. The van der Waals surface area contributed by atoms with Gasteiger partial charge in [0.25, 0.3) is 0 Å². The Morgan fingerprint density at radius 1 is 1.00 bits per heavy atom. The highest BCUT2D eigenvalue weighted by Gasteiger charge is 2.29. The van der Waals surface area contributed by atoms with Crippen molar-refractivity contribution in [1.29, 1.82) is 0 Å². The Morgan fingerprint density at radius 2 is 1.58 bits per heavy atom. The van der Waals surface area contributed by atoms with Gasteiger partial charge < -0.3 is 20.5 Å². The predicted molar refractivity (Wildman–Crippen MR) is 117 cm³/mol. The van der Waals surface area contributed by atoms with Crippen LogP contribution < -0.4 is 10.6 Å². The van der Waals surface area contributed by atoms with Gasteiger partial charge in [0.15, 0.2) is 0 Å². The van der Waals surface area contributed by atoms with E-state index in [0.717, 1.165) is 22.3 Å². The minimum atomic E-state index is -0.850. The largest absolute Gasteiger partial charge is 0.481 e. The number of benzene rings is 2. The lowest BCUT2D eigenvalue weighted by Crippen LogP contribution is -2.45. The third-order valence-corrected chi connectivity index (χ3v) is 5.61. The maximum absolute atomic E-state index is 12.3. The zero-order valence-corrected chi connectivity index (χ0v) is 17.8. The van der Waals surface area contributed by atoms with E-state index in [4.69, 9.17) is 9.84 Å². The number of amides is 2. The lowest BCUT2D eigenvalue weighted by molar-refractivity contribution is -0.141. The summed E-state index contributed by atoms with van der Waals surface area (Å²) in [5.74, 6) is -1.68. The summed E-state index contributed by atoms with van der Waals surface area (Å²) in [6.07, 6.45) is 0.379. The van der Waals surface area contributed by atoms with E-state index in [9.17, 15) is 14.4 Å². The number of aliphatic carboxylic acids is 1. The van der Waals surface area contributed by atoms with Crippen LogP contribution in [0, 0.1) is 5.92 Å². The van der Waals surface area contributed by atoms with E-state index in [0.29, 0.717) is 19.4 Å². The van der Waals surface area contributed by atoms with Crippen LogP contribution >= 0.6 is 0 Å². The van der Waals surface area contributed by atoms with Crippen LogP contribution in [0.3, 0.4) is 0 Å². The van der Waals surface area contributed by atoms with Crippen LogP contribution in [0.5, 0.6) is 0 Å². The van der Waals surface area contributed by atoms with Crippen molar-refractivity contribution in [3.8, 4) is 11.1 Å². The SMILES string of the molecule is CC(CCCNC(=O)[C@H](C)NC(=O)OCC1c2ccccc2-c2ccccc21)C(=O)O. The Morgan fingerprint density at radius 3 is 2.16 bits per heavy atom. The average Bonchev–Trinajstić information content (AvgIpc) is 3.08. The number of fused-ring (bicyclic) bond motifs is 3. The zero-order valence-electron chi connectivity index (χ0n) is 17.8. The van der Waals surface area contributed by atoms with Gasteiger partial charge >= 0.3 is 12.1 Å². The van der Waals surface area contributed by atoms with E-state index in [1.54, 1.807) is 13.8 Å². The van der Waals surface area contributed by atoms with Crippen LogP contribution in [0.2, 0.25) is 0 Å². The van der Waals surface area contributed by atoms with Gasteiger partial charge in [-0.15, -0.1) is 0 Å². The quantitative estimate of drug-likeness (QED) is 0.534. The first kappa shape index (κ1) is 22.3. The van der Waals surface area contributed by atoms with Crippen molar-refractivity contribution >= 4 is 18.0 Å². The average molecular weight is 424 g/mol. The first-order valence-corrected chi connectivity index (χ1v) is 10.5. The summed E-state index contributed by atoms with van der Waals surface area (Å²) in [4.78, 5) is 35.2. The molecule has 0 saturated carbocycles. The van der Waals surface area contributed by atoms with Gasteiger partial charge in [-0.2, -0.15) is 0 Å². The monoisotopic (exact) mass is 424 g/mol. The summed E-state index contributed by atoms with van der Waals surface area (Å²) >= 11 is 0. The van der Waals surface area contributed by atoms with Crippen LogP contribution in [-0.4, -0.2) is 42.3 Å².